The van der Waals surface area contributed by atoms with Gasteiger partial charge in [-0.15, -0.1) is 0 Å². The normalized spacial score (nSPS) is 11.8. The van der Waals surface area contributed by atoms with Crippen LogP contribution in [0.2, 0.25) is 0 Å². The Morgan fingerprint density at radius 1 is 0.882 bits per heavy atom. The molecule has 194 valence electrons. The van der Waals surface area contributed by atoms with E-state index < -0.39 is 47.9 Å². The monoisotopic (exact) mass is 495 g/mol. The second-order valence-corrected chi connectivity index (χ2v) is 7.12. The number of aryl methyl sites for hydroxylation is 1. The Hall–Kier alpha value is -2.41. The van der Waals surface area contributed by atoms with E-state index in [0.717, 1.165) is 12.8 Å². The Morgan fingerprint density at radius 2 is 1.53 bits per heavy atom. The van der Waals surface area contributed by atoms with Crippen molar-refractivity contribution in [1.29, 1.82) is 0 Å². The van der Waals surface area contributed by atoms with E-state index in [0.29, 0.717) is 32.3 Å². The van der Waals surface area contributed by atoms with Crippen LogP contribution in [0.4, 0.5) is 18.0 Å². The molecule has 9 nitrogen and oxygen atoms in total. The molecule has 0 heterocycles. The summed E-state index contributed by atoms with van der Waals surface area (Å²) >= 11 is 0. The number of unbranched alkanes of at least 4 members (excludes halogenated alkanes) is 2. The van der Waals surface area contributed by atoms with Crippen LogP contribution in [0.25, 0.3) is 0 Å². The van der Waals surface area contributed by atoms with Gasteiger partial charge in [-0.3, -0.25) is 0 Å². The minimum atomic E-state index is -1.67. The molecular formula is C22H32F3NO8. The maximum Gasteiger partial charge on any atom is 0.407 e. The molecule has 1 aromatic rings. The molecule has 12 heteroatoms. The summed E-state index contributed by atoms with van der Waals surface area (Å²) in [6.45, 7) is 2.37. The van der Waals surface area contributed by atoms with Crippen molar-refractivity contribution < 1.29 is 51.2 Å². The molecule has 0 fully saturated rings. The maximum atomic E-state index is 14.2. The summed E-state index contributed by atoms with van der Waals surface area (Å²) in [4.78, 5) is 24.6. The number of amides is 1. The second kappa shape index (κ2) is 17.1. The third-order valence-electron chi connectivity index (χ3n) is 4.39. The van der Waals surface area contributed by atoms with E-state index in [1.807, 2.05) is 0 Å². The van der Waals surface area contributed by atoms with Gasteiger partial charge in [0, 0.05) is 20.8 Å². The van der Waals surface area contributed by atoms with E-state index in [1.165, 1.54) is 14.0 Å². The van der Waals surface area contributed by atoms with Crippen LogP contribution in [0, 0.1) is 24.4 Å². The molecule has 1 rings (SSSR count). The molecule has 0 aliphatic rings. The number of esters is 1. The average Bonchev–Trinajstić information content (AvgIpc) is 2.81. The smallest absolute Gasteiger partial charge is 0.407 e. The molecule has 0 spiro atoms. The average molecular weight is 495 g/mol. The number of ether oxygens (including phenoxy) is 6. The quantitative estimate of drug-likeness (QED) is 0.152. The van der Waals surface area contributed by atoms with E-state index in [-0.39, 0.29) is 25.4 Å². The second-order valence-electron chi connectivity index (χ2n) is 7.12. The fraction of sp³-hybridized carbons (Fsp3) is 0.636. The first kappa shape index (κ1) is 29.6. The molecule has 34 heavy (non-hydrogen) atoms. The zero-order valence-corrected chi connectivity index (χ0v) is 19.6. The van der Waals surface area contributed by atoms with Crippen molar-refractivity contribution in [3.05, 3.63) is 29.1 Å². The number of carbonyl (C=O) groups is 2. The Kier molecular flexibility index (Phi) is 14.9. The number of alkyl carbamates (subject to hydrolysis) is 1. The Balaban J connectivity index is 2.71. The van der Waals surface area contributed by atoms with E-state index in [4.69, 9.17) is 28.4 Å². The van der Waals surface area contributed by atoms with Crippen LogP contribution in [-0.2, 0) is 28.5 Å². The Morgan fingerprint density at radius 3 is 2.24 bits per heavy atom. The molecule has 0 aliphatic carbocycles. The van der Waals surface area contributed by atoms with Crippen LogP contribution in [0.1, 0.15) is 24.8 Å². The summed E-state index contributed by atoms with van der Waals surface area (Å²) in [5, 5.41) is 2.23. The maximum absolute atomic E-state index is 14.2. The number of carbonyl (C=O) groups excluding carboxylic acids is 2. The molecule has 0 radical (unpaired) electrons. The molecule has 1 aromatic carbocycles. The van der Waals surface area contributed by atoms with Crippen LogP contribution < -0.4 is 10.1 Å². The summed E-state index contributed by atoms with van der Waals surface area (Å²) in [6.07, 6.45) is 1.17. The van der Waals surface area contributed by atoms with Gasteiger partial charge in [0.05, 0.1) is 39.6 Å². The number of hydrogen-bond acceptors (Lipinski definition) is 8. The van der Waals surface area contributed by atoms with E-state index in [1.54, 1.807) is 7.11 Å². The number of rotatable bonds is 17. The molecule has 0 saturated carbocycles. The van der Waals surface area contributed by atoms with Gasteiger partial charge in [0.25, 0.3) is 0 Å². The van der Waals surface area contributed by atoms with Crippen molar-refractivity contribution in [1.82, 2.24) is 5.32 Å². The van der Waals surface area contributed by atoms with Crippen molar-refractivity contribution in [3.63, 3.8) is 0 Å². The number of hydrogen-bond donors (Lipinski definition) is 1. The van der Waals surface area contributed by atoms with E-state index >= 15 is 0 Å². The Labute approximate surface area is 196 Å². The predicted molar refractivity (Wildman–Crippen MR) is 114 cm³/mol. The van der Waals surface area contributed by atoms with Gasteiger partial charge >= 0.3 is 12.1 Å². The highest BCUT2D eigenvalue weighted by molar-refractivity contribution is 5.83. The summed E-state index contributed by atoms with van der Waals surface area (Å²) < 4.78 is 71.9. The zero-order valence-electron chi connectivity index (χ0n) is 19.6. The minimum absolute atomic E-state index is 0.0471. The third kappa shape index (κ3) is 11.1. The fourth-order valence-electron chi connectivity index (χ4n) is 2.57. The van der Waals surface area contributed by atoms with E-state index in [9.17, 15) is 22.8 Å². The molecule has 0 saturated heterocycles. The van der Waals surface area contributed by atoms with E-state index in [2.05, 4.69) is 5.32 Å². The van der Waals surface area contributed by atoms with Gasteiger partial charge in [-0.05, 0) is 37.8 Å². The first-order valence-electron chi connectivity index (χ1n) is 10.7. The van der Waals surface area contributed by atoms with Gasteiger partial charge in [0.1, 0.15) is 0 Å². The van der Waals surface area contributed by atoms with Crippen molar-refractivity contribution in [2.45, 2.75) is 32.2 Å². The lowest BCUT2D eigenvalue weighted by Crippen LogP contribution is -2.46. The van der Waals surface area contributed by atoms with Crippen molar-refractivity contribution in [2.24, 2.45) is 0 Å². The summed E-state index contributed by atoms with van der Waals surface area (Å²) in [7, 11) is 3.10. The third-order valence-corrected chi connectivity index (χ3v) is 4.39. The summed E-state index contributed by atoms with van der Waals surface area (Å²) in [5.74, 6) is -6.76. The first-order valence-corrected chi connectivity index (χ1v) is 10.7. The lowest BCUT2D eigenvalue weighted by molar-refractivity contribution is -0.139. The van der Waals surface area contributed by atoms with Crippen molar-refractivity contribution in [3.8, 4) is 5.75 Å². The van der Waals surface area contributed by atoms with Crippen molar-refractivity contribution in [2.75, 3.05) is 60.5 Å². The molecule has 1 amide bonds. The summed E-state index contributed by atoms with van der Waals surface area (Å²) in [6, 6.07) is -0.851. The molecule has 1 N–H and O–H groups in total. The van der Waals surface area contributed by atoms with Gasteiger partial charge in [-0.1, -0.05) is 0 Å². The minimum Gasteiger partial charge on any atom is -0.450 e. The largest absolute Gasteiger partial charge is 0.450 e. The van der Waals surface area contributed by atoms with Crippen LogP contribution in [0.5, 0.6) is 5.75 Å². The van der Waals surface area contributed by atoms with Crippen LogP contribution >= 0.6 is 0 Å². The molecule has 0 bridgehead atoms. The van der Waals surface area contributed by atoms with Crippen molar-refractivity contribution >= 4 is 12.1 Å². The SMILES string of the molecule is COCCCCCOC(=O)N[C@@H](COCCOCCOC)C(=O)Oc1c(F)c(C)cc(F)c1F. The highest BCUT2D eigenvalue weighted by atomic mass is 19.2. The van der Waals surface area contributed by atoms with Gasteiger partial charge in [0.15, 0.2) is 17.7 Å². The lowest BCUT2D eigenvalue weighted by Gasteiger charge is -2.18. The number of benzene rings is 1. The predicted octanol–water partition coefficient (Wildman–Crippen LogP) is 2.91. The molecule has 0 unspecified atom stereocenters. The van der Waals surface area contributed by atoms with Crippen LogP contribution in [0.15, 0.2) is 6.07 Å². The standard InChI is InChI=1S/C22H32F3NO8/c1-15-13-16(23)19(25)20(18(15)24)34-21(27)17(14-32-12-11-31-10-9-30-3)26-22(28)33-8-6-4-5-7-29-2/h13,17H,4-12,14H2,1-3H3,(H,26,28)/t17-/m0/s1. The summed E-state index contributed by atoms with van der Waals surface area (Å²) in [5.41, 5.74) is -0.261. The van der Waals surface area contributed by atoms with Gasteiger partial charge in [-0.25, -0.2) is 18.4 Å². The lowest BCUT2D eigenvalue weighted by atomic mass is 10.2. The molecular weight excluding hydrogens is 463 g/mol. The first-order chi connectivity index (χ1) is 16.3. The molecule has 0 aliphatic heterocycles. The number of halogens is 3. The highest BCUT2D eigenvalue weighted by Crippen LogP contribution is 2.27. The van der Waals surface area contributed by atoms with Gasteiger partial charge < -0.3 is 33.7 Å². The van der Waals surface area contributed by atoms with Gasteiger partial charge in [0.2, 0.25) is 11.6 Å². The fourth-order valence-corrected chi connectivity index (χ4v) is 2.57. The zero-order chi connectivity index (χ0) is 25.3. The molecule has 1 atom stereocenters. The topological polar surface area (TPSA) is 102 Å². The van der Waals surface area contributed by atoms with Crippen LogP contribution in [0.3, 0.4) is 0 Å². The number of nitrogens with one attached hydrogen (secondary N) is 1. The van der Waals surface area contributed by atoms with Gasteiger partial charge in [-0.2, -0.15) is 4.39 Å². The number of methoxy groups -OCH3 is 2. The highest BCUT2D eigenvalue weighted by Gasteiger charge is 2.28. The Bertz CT molecular complexity index is 740. The van der Waals surface area contributed by atoms with Crippen LogP contribution in [-0.4, -0.2) is 78.6 Å². The molecule has 0 aromatic heterocycles.